The number of nitrogens with zero attached hydrogens (tertiary/aromatic N) is 3. The number of nitrogens with one attached hydrogen (secondary N) is 2. The van der Waals surface area contributed by atoms with Crippen LogP contribution < -0.4 is 10.6 Å². The molecular weight excluding hydrogens is 378 g/mol. The summed E-state index contributed by atoms with van der Waals surface area (Å²) in [4.78, 5) is 8.78. The van der Waals surface area contributed by atoms with Gasteiger partial charge in [-0.2, -0.15) is 4.98 Å². The van der Waals surface area contributed by atoms with Crippen molar-refractivity contribution in [2.24, 2.45) is 10.9 Å². The molecule has 0 aliphatic carbocycles. The van der Waals surface area contributed by atoms with E-state index in [1.165, 1.54) is 11.1 Å². The Bertz CT molecular complexity index is 800. The molecule has 0 spiro atoms. The Balaban J connectivity index is 1.43. The van der Waals surface area contributed by atoms with Gasteiger partial charge in [0.15, 0.2) is 11.8 Å². The van der Waals surface area contributed by atoms with Crippen LogP contribution in [0.2, 0.25) is 0 Å². The molecule has 3 rings (SSSR count). The van der Waals surface area contributed by atoms with E-state index in [2.05, 4.69) is 70.8 Å². The van der Waals surface area contributed by atoms with E-state index in [0.29, 0.717) is 11.8 Å². The van der Waals surface area contributed by atoms with Crippen molar-refractivity contribution >= 4 is 5.96 Å². The van der Waals surface area contributed by atoms with Crippen molar-refractivity contribution in [2.75, 3.05) is 26.7 Å². The summed E-state index contributed by atoms with van der Waals surface area (Å²) in [5, 5.41) is 10.9. The maximum atomic E-state index is 6.13. The van der Waals surface area contributed by atoms with E-state index in [1.54, 1.807) is 7.05 Å². The molecule has 7 nitrogen and oxygen atoms in total. The number of rotatable bonds is 8. The van der Waals surface area contributed by atoms with Gasteiger partial charge in [-0.1, -0.05) is 48.8 Å². The molecule has 1 fully saturated rings. The van der Waals surface area contributed by atoms with Crippen LogP contribution in [-0.2, 0) is 11.2 Å². The average Bonchev–Trinajstić information content (AvgIpc) is 3.23. The molecule has 2 atom stereocenters. The van der Waals surface area contributed by atoms with Crippen LogP contribution in [0.3, 0.4) is 0 Å². The molecule has 1 aliphatic heterocycles. The van der Waals surface area contributed by atoms with E-state index < -0.39 is 0 Å². The molecule has 164 valence electrons. The molecule has 0 saturated carbocycles. The van der Waals surface area contributed by atoms with Gasteiger partial charge in [-0.05, 0) is 31.7 Å². The first-order chi connectivity index (χ1) is 14.6. The highest BCUT2D eigenvalue weighted by molar-refractivity contribution is 5.79. The van der Waals surface area contributed by atoms with E-state index in [4.69, 9.17) is 9.26 Å². The van der Waals surface area contributed by atoms with Crippen LogP contribution >= 0.6 is 0 Å². The summed E-state index contributed by atoms with van der Waals surface area (Å²) < 4.78 is 11.4. The first-order valence-corrected chi connectivity index (χ1v) is 11.0. The topological polar surface area (TPSA) is 84.6 Å². The first kappa shape index (κ1) is 22.3. The van der Waals surface area contributed by atoms with Crippen LogP contribution in [0.15, 0.2) is 33.8 Å². The minimum absolute atomic E-state index is 0.137. The predicted molar refractivity (Wildman–Crippen MR) is 119 cm³/mol. The summed E-state index contributed by atoms with van der Waals surface area (Å²) in [6.45, 7) is 8.69. The van der Waals surface area contributed by atoms with Crippen molar-refractivity contribution in [3.05, 3.63) is 47.1 Å². The number of hydrogen-bond acceptors (Lipinski definition) is 5. The molecule has 1 saturated heterocycles. The van der Waals surface area contributed by atoms with E-state index in [0.717, 1.165) is 57.2 Å². The van der Waals surface area contributed by atoms with Gasteiger partial charge in [0.05, 0.1) is 6.10 Å². The van der Waals surface area contributed by atoms with Gasteiger partial charge in [-0.25, -0.2) is 0 Å². The lowest BCUT2D eigenvalue weighted by Gasteiger charge is -2.32. The van der Waals surface area contributed by atoms with Crippen molar-refractivity contribution in [3.63, 3.8) is 0 Å². The third-order valence-corrected chi connectivity index (χ3v) is 5.47. The molecule has 1 aliphatic rings. The fourth-order valence-electron chi connectivity index (χ4n) is 3.68. The molecule has 2 heterocycles. The predicted octanol–water partition coefficient (Wildman–Crippen LogP) is 3.77. The van der Waals surface area contributed by atoms with Crippen molar-refractivity contribution in [2.45, 2.75) is 58.5 Å². The second-order valence-corrected chi connectivity index (χ2v) is 8.29. The zero-order valence-corrected chi connectivity index (χ0v) is 18.6. The molecular formula is C23H35N5O2. The standard InChI is InChI=1S/C23H35N5O2/c1-16(2)22-27-20(30-28-22)8-5-13-25-23(24-4)26-15-19-7-6-14-29-21(19)18-11-9-17(3)10-12-18/h9-12,16,19,21H,5-8,13-15H2,1-4H3,(H2,24,25,26). The van der Waals surface area contributed by atoms with Gasteiger partial charge in [0.2, 0.25) is 5.89 Å². The Morgan fingerprint density at radius 1 is 1.23 bits per heavy atom. The Morgan fingerprint density at radius 2 is 2.03 bits per heavy atom. The lowest BCUT2D eigenvalue weighted by Crippen LogP contribution is -2.42. The summed E-state index contributed by atoms with van der Waals surface area (Å²) in [5.41, 5.74) is 2.53. The fourth-order valence-corrected chi connectivity index (χ4v) is 3.68. The zero-order chi connectivity index (χ0) is 21.3. The van der Waals surface area contributed by atoms with Crippen molar-refractivity contribution in [1.29, 1.82) is 0 Å². The van der Waals surface area contributed by atoms with Gasteiger partial charge >= 0.3 is 0 Å². The minimum atomic E-state index is 0.137. The Hall–Kier alpha value is -2.41. The zero-order valence-electron chi connectivity index (χ0n) is 18.6. The monoisotopic (exact) mass is 413 g/mol. The van der Waals surface area contributed by atoms with Crippen LogP contribution in [-0.4, -0.2) is 42.8 Å². The Labute approximate surface area is 179 Å². The lowest BCUT2D eigenvalue weighted by atomic mass is 9.89. The maximum Gasteiger partial charge on any atom is 0.226 e. The van der Waals surface area contributed by atoms with Gasteiger partial charge in [0, 0.05) is 45.0 Å². The van der Waals surface area contributed by atoms with Gasteiger partial charge in [0.1, 0.15) is 0 Å². The Morgan fingerprint density at radius 3 is 2.73 bits per heavy atom. The van der Waals surface area contributed by atoms with Gasteiger partial charge in [-0.3, -0.25) is 4.99 Å². The number of aryl methyl sites for hydroxylation is 2. The maximum absolute atomic E-state index is 6.13. The SMILES string of the molecule is CN=C(NCCCc1nc(C(C)C)no1)NCC1CCCOC1c1ccc(C)cc1. The molecule has 0 bridgehead atoms. The smallest absolute Gasteiger partial charge is 0.226 e. The number of ether oxygens (including phenoxy) is 1. The van der Waals surface area contributed by atoms with Gasteiger partial charge in [0.25, 0.3) is 0 Å². The van der Waals surface area contributed by atoms with Crippen LogP contribution in [0.5, 0.6) is 0 Å². The molecule has 30 heavy (non-hydrogen) atoms. The number of guanidine groups is 1. The fraction of sp³-hybridized carbons (Fsp3) is 0.609. The molecule has 2 N–H and O–H groups in total. The highest BCUT2D eigenvalue weighted by Crippen LogP contribution is 2.33. The second-order valence-electron chi connectivity index (χ2n) is 8.29. The number of hydrogen-bond donors (Lipinski definition) is 2. The summed E-state index contributed by atoms with van der Waals surface area (Å²) in [7, 11) is 1.80. The number of benzene rings is 1. The van der Waals surface area contributed by atoms with Crippen LogP contribution in [0, 0.1) is 12.8 Å². The summed E-state index contributed by atoms with van der Waals surface area (Å²) in [6.07, 6.45) is 4.05. The van der Waals surface area contributed by atoms with E-state index in [1.807, 2.05) is 0 Å². The molecule has 2 aromatic rings. The van der Waals surface area contributed by atoms with Gasteiger partial charge < -0.3 is 19.9 Å². The number of aliphatic imine (C=N–C) groups is 1. The number of aromatic nitrogens is 2. The minimum Gasteiger partial charge on any atom is -0.373 e. The highest BCUT2D eigenvalue weighted by Gasteiger charge is 2.27. The third-order valence-electron chi connectivity index (χ3n) is 5.47. The van der Waals surface area contributed by atoms with Crippen molar-refractivity contribution in [3.8, 4) is 0 Å². The third kappa shape index (κ3) is 6.29. The van der Waals surface area contributed by atoms with Crippen LogP contribution in [0.1, 0.15) is 68.0 Å². The molecule has 0 radical (unpaired) electrons. The van der Waals surface area contributed by atoms with Crippen LogP contribution in [0.25, 0.3) is 0 Å². The largest absolute Gasteiger partial charge is 0.373 e. The Kier molecular flexibility index (Phi) is 8.25. The molecule has 2 unspecified atom stereocenters. The first-order valence-electron chi connectivity index (χ1n) is 11.0. The lowest BCUT2D eigenvalue weighted by molar-refractivity contribution is -0.0265. The molecule has 7 heteroatoms. The summed E-state index contributed by atoms with van der Waals surface area (Å²) in [5.74, 6) is 3.00. The van der Waals surface area contributed by atoms with Crippen molar-refractivity contribution in [1.82, 2.24) is 20.8 Å². The van der Waals surface area contributed by atoms with Crippen molar-refractivity contribution < 1.29 is 9.26 Å². The average molecular weight is 414 g/mol. The summed E-state index contributed by atoms with van der Waals surface area (Å²) in [6, 6.07) is 8.69. The molecule has 1 aromatic carbocycles. The highest BCUT2D eigenvalue weighted by atomic mass is 16.5. The molecule has 0 amide bonds. The molecule has 1 aromatic heterocycles. The quantitative estimate of drug-likeness (QED) is 0.389. The van der Waals surface area contributed by atoms with E-state index in [9.17, 15) is 0 Å². The van der Waals surface area contributed by atoms with Gasteiger partial charge in [-0.15, -0.1) is 0 Å². The van der Waals surface area contributed by atoms with E-state index in [-0.39, 0.29) is 12.0 Å². The van der Waals surface area contributed by atoms with E-state index >= 15 is 0 Å². The normalized spacial score (nSPS) is 19.8. The summed E-state index contributed by atoms with van der Waals surface area (Å²) >= 11 is 0. The second kappa shape index (κ2) is 11.1. The van der Waals surface area contributed by atoms with Crippen LogP contribution in [0.4, 0.5) is 0 Å².